The number of nitrogens with zero attached hydrogens (tertiary/aromatic N) is 2. The summed E-state index contributed by atoms with van der Waals surface area (Å²) in [7, 11) is 0. The minimum Gasteiger partial charge on any atom is -0.358 e. The molecule has 0 aliphatic heterocycles. The van der Waals surface area contributed by atoms with Crippen LogP contribution in [0.5, 0.6) is 0 Å². The molecule has 0 aromatic carbocycles. The van der Waals surface area contributed by atoms with Crippen LogP contribution in [0.15, 0.2) is 60.9 Å². The van der Waals surface area contributed by atoms with Gasteiger partial charge in [0.25, 0.3) is 0 Å². The van der Waals surface area contributed by atoms with Gasteiger partial charge in [0.15, 0.2) is 0 Å². The molecule has 0 spiro atoms. The molecule has 24 heavy (non-hydrogen) atoms. The number of aromatic nitrogens is 2. The van der Waals surface area contributed by atoms with Crippen LogP contribution in [0.1, 0.15) is 6.92 Å². The second-order valence-corrected chi connectivity index (χ2v) is 3.85. The summed E-state index contributed by atoms with van der Waals surface area (Å²) in [4.78, 5) is 18.8. The van der Waals surface area contributed by atoms with Crippen LogP contribution in [0, 0.1) is 21.8 Å². The van der Waals surface area contributed by atoms with Crippen molar-refractivity contribution in [1.82, 2.24) is 9.97 Å². The molecule has 2 aromatic heterocycles. The van der Waals surface area contributed by atoms with Gasteiger partial charge >= 0.3 is 37.0 Å². The Morgan fingerprint density at radius 3 is 1.75 bits per heavy atom. The fraction of sp³-hybridized carbons (Fsp3) is 0.111. The second kappa shape index (κ2) is 18.0. The molecule has 0 amide bonds. The first kappa shape index (κ1) is 27.5. The largest absolute Gasteiger partial charge is 0.358 e. The molecule has 2 aromatic rings. The Labute approximate surface area is 163 Å². The van der Waals surface area contributed by atoms with Crippen LogP contribution in [0.2, 0.25) is 0 Å². The Kier molecular flexibility index (Phi) is 20.7. The Morgan fingerprint density at radius 1 is 1.12 bits per heavy atom. The standard InChI is InChI=1S/C10H8N2.C6H9O2.2CH3.BrH.Pt/c1-3-7-11-9(5-1)10-6-2-4-8-12-10;1-4-8-6(7)5(2)3;;;;/h1-8H;1-2,4H2,3H3;2*1H3;1H;/q;3*-1;;+1/p-1. The van der Waals surface area contributed by atoms with Crippen LogP contribution in [0.3, 0.4) is 0 Å². The predicted octanol–water partition coefficient (Wildman–Crippen LogP) is 4.83. The monoisotopic (exact) mass is 573 g/mol. The van der Waals surface area contributed by atoms with Crippen molar-refractivity contribution in [2.24, 2.45) is 0 Å². The van der Waals surface area contributed by atoms with E-state index in [9.17, 15) is 4.79 Å². The van der Waals surface area contributed by atoms with Gasteiger partial charge in [0, 0.05) is 18.0 Å². The quantitative estimate of drug-likeness (QED) is 0.300. The van der Waals surface area contributed by atoms with E-state index < -0.39 is 0 Å². The molecule has 0 aliphatic rings. The van der Waals surface area contributed by atoms with E-state index in [-0.39, 0.29) is 27.4 Å². The molecule has 0 atom stereocenters. The predicted molar refractivity (Wildman–Crippen MR) is 100 cm³/mol. The van der Waals surface area contributed by atoms with Gasteiger partial charge in [-0.3, -0.25) is 9.97 Å². The smallest absolute Gasteiger partial charge is 0.0886 e. The summed E-state index contributed by atoms with van der Waals surface area (Å²) in [5, 5.41) is 0. The summed E-state index contributed by atoms with van der Waals surface area (Å²) in [5.74, 6) is -0.375. The minimum atomic E-state index is -0.375. The van der Waals surface area contributed by atoms with Gasteiger partial charge in [-0.25, -0.2) is 4.79 Å². The van der Waals surface area contributed by atoms with Crippen molar-refractivity contribution >= 4 is 19.3 Å². The van der Waals surface area contributed by atoms with E-state index in [0.29, 0.717) is 5.57 Å². The molecule has 0 unspecified atom stereocenters. The van der Waals surface area contributed by atoms with E-state index in [2.05, 4.69) is 41.5 Å². The number of carbonyl (C=O) groups is 1. The fourth-order valence-electron chi connectivity index (χ4n) is 1.24. The van der Waals surface area contributed by atoms with Crippen LogP contribution < -0.4 is 0 Å². The van der Waals surface area contributed by atoms with Gasteiger partial charge in [0.05, 0.1) is 11.4 Å². The van der Waals surface area contributed by atoms with E-state index in [0.717, 1.165) is 11.4 Å². The number of carbonyl (C=O) groups excluding carboxylic acids is 1. The number of hydrogen-bond acceptors (Lipinski definition) is 4. The third kappa shape index (κ3) is 12.1. The number of halogens is 1. The van der Waals surface area contributed by atoms with Crippen LogP contribution in [-0.2, 0) is 27.3 Å². The van der Waals surface area contributed by atoms with Crippen molar-refractivity contribution < 1.29 is 27.3 Å². The first-order valence-electron chi connectivity index (χ1n) is 6.21. The molecule has 2 heterocycles. The maximum Gasteiger partial charge on any atom is 0.0886 e. The SMILES string of the molecule is C=C(C)C(=O)OC[CH2-].[Br][Pt].[CH3-].[CH3-].c1ccc(-c2ccccn2)nc1. The zero-order chi connectivity index (χ0) is 16.8. The van der Waals surface area contributed by atoms with Crippen LogP contribution in [0.25, 0.3) is 11.4 Å². The van der Waals surface area contributed by atoms with Gasteiger partial charge in [-0.15, -0.1) is 0 Å². The van der Waals surface area contributed by atoms with Crippen molar-refractivity contribution in [1.29, 1.82) is 0 Å². The van der Waals surface area contributed by atoms with Crippen molar-refractivity contribution in [3.8, 4) is 11.4 Å². The number of ether oxygens (including phenoxy) is 1. The van der Waals surface area contributed by atoms with Crippen LogP contribution in [0.4, 0.5) is 0 Å². The van der Waals surface area contributed by atoms with Gasteiger partial charge in [-0.1, -0.05) is 18.7 Å². The second-order valence-electron chi connectivity index (χ2n) is 3.85. The van der Waals surface area contributed by atoms with Crippen molar-refractivity contribution in [3.05, 3.63) is 82.7 Å². The van der Waals surface area contributed by atoms with E-state index in [1.54, 1.807) is 19.3 Å². The van der Waals surface area contributed by atoms with Crippen molar-refractivity contribution in [3.63, 3.8) is 0 Å². The summed E-state index contributed by atoms with van der Waals surface area (Å²) in [6.45, 7) is 8.46. The van der Waals surface area contributed by atoms with Crippen LogP contribution >= 0.6 is 13.3 Å². The maximum absolute atomic E-state index is 10.4. The number of esters is 1. The molecule has 6 heteroatoms. The number of hydrogen-bond donors (Lipinski definition) is 0. The van der Waals surface area contributed by atoms with E-state index in [1.165, 1.54) is 0 Å². The molecule has 0 aliphatic carbocycles. The maximum atomic E-state index is 10.4. The Bertz CT molecular complexity index is 514. The molecular weight excluding hydrogens is 551 g/mol. The first-order valence-corrected chi connectivity index (χ1v) is 11.2. The van der Waals surface area contributed by atoms with Gasteiger partial charge in [0.1, 0.15) is 0 Å². The summed E-state index contributed by atoms with van der Waals surface area (Å²) < 4.78 is 4.45. The first-order chi connectivity index (χ1) is 10.6. The molecule has 2 rings (SSSR count). The molecule has 137 valence electrons. The van der Waals surface area contributed by atoms with Gasteiger partial charge in [0.2, 0.25) is 0 Å². The molecule has 0 radical (unpaired) electrons. The molecule has 0 saturated heterocycles. The molecule has 0 fully saturated rings. The molecule has 0 bridgehead atoms. The number of pyridine rings is 2. The molecule has 0 N–H and O–H groups in total. The van der Waals surface area contributed by atoms with Gasteiger partial charge < -0.3 is 26.5 Å². The van der Waals surface area contributed by atoms with E-state index >= 15 is 0 Å². The van der Waals surface area contributed by atoms with Crippen molar-refractivity contribution in [2.75, 3.05) is 6.61 Å². The zero-order valence-electron chi connectivity index (χ0n) is 14.1. The summed E-state index contributed by atoms with van der Waals surface area (Å²) >= 11 is 4.86. The average molecular weight is 574 g/mol. The normalized spacial score (nSPS) is 7.88. The summed E-state index contributed by atoms with van der Waals surface area (Å²) in [6, 6.07) is 11.6. The molecular formula is C18H23BrN2O2Pt-3. The fourth-order valence-corrected chi connectivity index (χ4v) is 1.24. The van der Waals surface area contributed by atoms with E-state index in [1.807, 2.05) is 54.2 Å². The zero-order valence-corrected chi connectivity index (χ0v) is 18.0. The molecule has 0 saturated carbocycles. The average Bonchev–Trinajstić information content (AvgIpc) is 2.59. The third-order valence-electron chi connectivity index (χ3n) is 2.17. The van der Waals surface area contributed by atoms with Crippen LogP contribution in [-0.4, -0.2) is 22.5 Å². The minimum absolute atomic E-state index is 0. The Hall–Kier alpha value is -1.32. The Balaban J connectivity index is -0.000000329. The van der Waals surface area contributed by atoms with Gasteiger partial charge in [-0.05, 0) is 37.8 Å². The van der Waals surface area contributed by atoms with Gasteiger partial charge in [-0.2, -0.15) is 0 Å². The van der Waals surface area contributed by atoms with E-state index in [4.69, 9.17) is 0 Å². The van der Waals surface area contributed by atoms with Crippen molar-refractivity contribution in [2.45, 2.75) is 6.92 Å². The molecule has 4 nitrogen and oxygen atoms in total. The topological polar surface area (TPSA) is 52.1 Å². The Morgan fingerprint density at radius 2 is 1.54 bits per heavy atom. The third-order valence-corrected chi connectivity index (χ3v) is 2.17. The summed E-state index contributed by atoms with van der Waals surface area (Å²) in [6.07, 6.45) is 3.54. The number of rotatable bonds is 3. The summed E-state index contributed by atoms with van der Waals surface area (Å²) in [5.41, 5.74) is 2.24.